The monoisotopic (exact) mass is 269 g/mol. The van der Waals surface area contributed by atoms with Crippen LogP contribution in [0.5, 0.6) is 0 Å². The van der Waals surface area contributed by atoms with E-state index in [1.165, 1.54) is 6.07 Å². The molecule has 0 heterocycles. The largest absolute Gasteiger partial charge is 0.478 e. The SMILES string of the molecule is Cc1cc(C)c(S(=O)(=O)NC2CC2)cc1C(=O)O. The van der Waals surface area contributed by atoms with E-state index in [2.05, 4.69) is 4.72 Å². The van der Waals surface area contributed by atoms with Crippen LogP contribution in [0.4, 0.5) is 0 Å². The van der Waals surface area contributed by atoms with Crippen LogP contribution in [-0.2, 0) is 10.0 Å². The molecule has 98 valence electrons. The normalized spacial score (nSPS) is 15.7. The molecule has 0 amide bonds. The highest BCUT2D eigenvalue weighted by atomic mass is 32.2. The maximum atomic E-state index is 12.1. The number of carboxylic acid groups (broad SMARTS) is 1. The van der Waals surface area contributed by atoms with Crippen LogP contribution in [0, 0.1) is 13.8 Å². The third kappa shape index (κ3) is 2.54. The minimum absolute atomic E-state index is 0.00369. The Kier molecular flexibility index (Phi) is 3.16. The molecule has 0 aliphatic heterocycles. The summed E-state index contributed by atoms with van der Waals surface area (Å²) in [6.45, 7) is 3.32. The van der Waals surface area contributed by atoms with E-state index in [-0.39, 0.29) is 16.5 Å². The fraction of sp³-hybridized carbons (Fsp3) is 0.417. The van der Waals surface area contributed by atoms with Gasteiger partial charge in [0.15, 0.2) is 0 Å². The Bertz CT molecular complexity index is 603. The molecule has 1 aliphatic carbocycles. The van der Waals surface area contributed by atoms with E-state index in [1.54, 1.807) is 19.9 Å². The van der Waals surface area contributed by atoms with Crippen LogP contribution in [0.15, 0.2) is 17.0 Å². The second kappa shape index (κ2) is 4.37. The van der Waals surface area contributed by atoms with Crippen LogP contribution in [0.1, 0.15) is 34.3 Å². The first-order valence-corrected chi connectivity index (χ1v) is 7.16. The Morgan fingerprint density at radius 3 is 2.39 bits per heavy atom. The van der Waals surface area contributed by atoms with Crippen molar-refractivity contribution in [3.63, 3.8) is 0 Å². The highest BCUT2D eigenvalue weighted by molar-refractivity contribution is 7.89. The standard InChI is InChI=1S/C12H15NO4S/c1-7-5-8(2)11(6-10(7)12(14)15)18(16,17)13-9-3-4-9/h5-6,9,13H,3-4H2,1-2H3,(H,14,15). The first-order valence-electron chi connectivity index (χ1n) is 5.68. The van der Waals surface area contributed by atoms with Crippen molar-refractivity contribution in [3.05, 3.63) is 28.8 Å². The fourth-order valence-electron chi connectivity index (χ4n) is 1.84. The number of carbonyl (C=O) groups is 1. The van der Waals surface area contributed by atoms with E-state index in [0.29, 0.717) is 11.1 Å². The summed E-state index contributed by atoms with van der Waals surface area (Å²) in [5, 5.41) is 9.03. The van der Waals surface area contributed by atoms with Gasteiger partial charge < -0.3 is 5.11 Å². The zero-order valence-corrected chi connectivity index (χ0v) is 11.0. The minimum atomic E-state index is -3.61. The molecule has 0 saturated heterocycles. The van der Waals surface area contributed by atoms with E-state index in [4.69, 9.17) is 5.11 Å². The number of carboxylic acids is 1. The maximum Gasteiger partial charge on any atom is 0.335 e. The Morgan fingerprint density at radius 1 is 1.28 bits per heavy atom. The Labute approximate surface area is 106 Å². The average Bonchev–Trinajstić information content (AvgIpc) is 2.99. The molecule has 5 nitrogen and oxygen atoms in total. The van der Waals surface area contributed by atoms with Crippen molar-refractivity contribution in [2.75, 3.05) is 0 Å². The topological polar surface area (TPSA) is 83.5 Å². The van der Waals surface area contributed by atoms with E-state index < -0.39 is 16.0 Å². The van der Waals surface area contributed by atoms with Crippen molar-refractivity contribution < 1.29 is 18.3 Å². The number of rotatable bonds is 4. The molecule has 2 N–H and O–H groups in total. The second-order valence-corrected chi connectivity index (χ2v) is 6.32. The van der Waals surface area contributed by atoms with Crippen molar-refractivity contribution in [2.24, 2.45) is 0 Å². The molecule has 0 radical (unpaired) electrons. The first-order chi connectivity index (χ1) is 8.31. The van der Waals surface area contributed by atoms with Gasteiger partial charge in [-0.15, -0.1) is 0 Å². The Hall–Kier alpha value is -1.40. The summed E-state index contributed by atoms with van der Waals surface area (Å²) in [5.41, 5.74) is 1.15. The molecule has 0 unspecified atom stereocenters. The lowest BCUT2D eigenvalue weighted by Crippen LogP contribution is -2.26. The summed E-state index contributed by atoms with van der Waals surface area (Å²) in [7, 11) is -3.61. The molecule has 1 aromatic carbocycles. The molecule has 1 aliphatic rings. The van der Waals surface area contributed by atoms with Crippen LogP contribution in [0.2, 0.25) is 0 Å². The summed E-state index contributed by atoms with van der Waals surface area (Å²) in [6.07, 6.45) is 1.69. The number of aromatic carboxylic acids is 1. The average molecular weight is 269 g/mol. The van der Waals surface area contributed by atoms with Crippen molar-refractivity contribution in [3.8, 4) is 0 Å². The highest BCUT2D eigenvalue weighted by Gasteiger charge is 2.29. The first kappa shape index (κ1) is 13.0. The van der Waals surface area contributed by atoms with Gasteiger partial charge >= 0.3 is 5.97 Å². The zero-order valence-electron chi connectivity index (χ0n) is 10.2. The summed E-state index contributed by atoms with van der Waals surface area (Å²) < 4.78 is 26.7. The predicted molar refractivity (Wildman–Crippen MR) is 66.2 cm³/mol. The molecule has 0 bridgehead atoms. The van der Waals surface area contributed by atoms with Crippen LogP contribution >= 0.6 is 0 Å². The van der Waals surface area contributed by atoms with Gasteiger partial charge in [0.2, 0.25) is 10.0 Å². The molecular weight excluding hydrogens is 254 g/mol. The molecule has 2 rings (SSSR count). The third-order valence-corrected chi connectivity index (χ3v) is 4.60. The summed E-state index contributed by atoms with van der Waals surface area (Å²) >= 11 is 0. The number of benzene rings is 1. The number of hydrogen-bond donors (Lipinski definition) is 2. The van der Waals surface area contributed by atoms with Gasteiger partial charge in [-0.05, 0) is 43.9 Å². The number of hydrogen-bond acceptors (Lipinski definition) is 3. The molecule has 6 heteroatoms. The van der Waals surface area contributed by atoms with Crippen molar-refractivity contribution in [1.82, 2.24) is 4.72 Å². The van der Waals surface area contributed by atoms with Crippen LogP contribution in [-0.4, -0.2) is 25.5 Å². The van der Waals surface area contributed by atoms with Gasteiger partial charge in [0.1, 0.15) is 0 Å². The molecule has 1 saturated carbocycles. The van der Waals surface area contributed by atoms with Gasteiger partial charge in [-0.2, -0.15) is 0 Å². The smallest absolute Gasteiger partial charge is 0.335 e. The van der Waals surface area contributed by atoms with Crippen molar-refractivity contribution >= 4 is 16.0 Å². The van der Waals surface area contributed by atoms with Crippen LogP contribution < -0.4 is 4.72 Å². The maximum absolute atomic E-state index is 12.1. The molecular formula is C12H15NO4S. The molecule has 0 spiro atoms. The predicted octanol–water partition coefficient (Wildman–Crippen LogP) is 1.44. The highest BCUT2D eigenvalue weighted by Crippen LogP contribution is 2.25. The Morgan fingerprint density at radius 2 is 1.89 bits per heavy atom. The summed E-state index contributed by atoms with van der Waals surface area (Å²) in [5.74, 6) is -1.12. The summed E-state index contributed by atoms with van der Waals surface area (Å²) in [4.78, 5) is 11.1. The van der Waals surface area contributed by atoms with Gasteiger partial charge in [-0.3, -0.25) is 0 Å². The van der Waals surface area contributed by atoms with E-state index in [0.717, 1.165) is 12.8 Å². The van der Waals surface area contributed by atoms with E-state index in [9.17, 15) is 13.2 Å². The van der Waals surface area contributed by atoms with Crippen molar-refractivity contribution in [1.29, 1.82) is 0 Å². The molecule has 1 aromatic rings. The number of nitrogens with one attached hydrogen (secondary N) is 1. The molecule has 0 aromatic heterocycles. The van der Waals surface area contributed by atoms with Gasteiger partial charge in [0.05, 0.1) is 10.5 Å². The third-order valence-electron chi connectivity index (χ3n) is 2.94. The zero-order chi connectivity index (χ0) is 13.5. The van der Waals surface area contributed by atoms with E-state index in [1.807, 2.05) is 0 Å². The van der Waals surface area contributed by atoms with Gasteiger partial charge in [0, 0.05) is 6.04 Å². The molecule has 0 atom stereocenters. The molecule has 18 heavy (non-hydrogen) atoms. The summed E-state index contributed by atoms with van der Waals surface area (Å²) in [6, 6.07) is 2.83. The van der Waals surface area contributed by atoms with Crippen LogP contribution in [0.3, 0.4) is 0 Å². The number of aryl methyl sites for hydroxylation is 2. The lowest BCUT2D eigenvalue weighted by atomic mass is 10.1. The number of sulfonamides is 1. The van der Waals surface area contributed by atoms with Gasteiger partial charge in [-0.25, -0.2) is 17.9 Å². The lowest BCUT2D eigenvalue weighted by molar-refractivity contribution is 0.0696. The molecule has 1 fully saturated rings. The Balaban J connectivity index is 2.49. The second-order valence-electron chi connectivity index (χ2n) is 4.63. The van der Waals surface area contributed by atoms with Gasteiger partial charge in [0.25, 0.3) is 0 Å². The fourth-order valence-corrected chi connectivity index (χ4v) is 3.39. The van der Waals surface area contributed by atoms with Gasteiger partial charge in [-0.1, -0.05) is 6.07 Å². The lowest BCUT2D eigenvalue weighted by Gasteiger charge is -2.11. The van der Waals surface area contributed by atoms with Crippen molar-refractivity contribution in [2.45, 2.75) is 37.6 Å². The van der Waals surface area contributed by atoms with Crippen LogP contribution in [0.25, 0.3) is 0 Å². The minimum Gasteiger partial charge on any atom is -0.478 e. The quantitative estimate of drug-likeness (QED) is 0.866. The van der Waals surface area contributed by atoms with E-state index >= 15 is 0 Å².